The molecule has 108 valence electrons. The van der Waals surface area contributed by atoms with Crippen LogP contribution in [0.2, 0.25) is 49.3 Å². The molecule has 2 aromatic rings. The lowest BCUT2D eigenvalue weighted by Gasteiger charge is -2.23. The van der Waals surface area contributed by atoms with Crippen molar-refractivity contribution >= 4 is 60.6 Å². The van der Waals surface area contributed by atoms with Crippen LogP contribution in [0.4, 0.5) is 0 Å². The molecular weight excluding hydrogens is 321 g/mol. The van der Waals surface area contributed by atoms with Crippen LogP contribution in [0.1, 0.15) is 0 Å². The quantitative estimate of drug-likeness (QED) is 0.725. The van der Waals surface area contributed by atoms with Gasteiger partial charge >= 0.3 is 0 Å². The van der Waals surface area contributed by atoms with E-state index in [1.807, 2.05) is 18.3 Å². The van der Waals surface area contributed by atoms with Gasteiger partial charge in [-0.05, 0) is 22.5 Å². The van der Waals surface area contributed by atoms with Gasteiger partial charge < -0.3 is 0 Å². The van der Waals surface area contributed by atoms with Crippen molar-refractivity contribution in [1.82, 2.24) is 4.98 Å². The normalized spacial score (nSPS) is 13.0. The van der Waals surface area contributed by atoms with Gasteiger partial charge in [0, 0.05) is 16.6 Å². The SMILES string of the molecule is C[Si](C)(C)c1cnc2c([Si](C)(C)C)c(Cl)ccc2c1Cl. The summed E-state index contributed by atoms with van der Waals surface area (Å²) in [6.07, 6.45) is 1.97. The molecule has 0 radical (unpaired) electrons. The van der Waals surface area contributed by atoms with Crippen LogP contribution in [0.25, 0.3) is 10.9 Å². The lowest BCUT2D eigenvalue weighted by atomic mass is 10.2. The van der Waals surface area contributed by atoms with Crippen molar-refractivity contribution in [3.05, 3.63) is 28.4 Å². The molecule has 0 N–H and O–H groups in total. The highest BCUT2D eigenvalue weighted by molar-refractivity contribution is 6.92. The predicted molar refractivity (Wildman–Crippen MR) is 97.7 cm³/mol. The van der Waals surface area contributed by atoms with Crippen LogP contribution in [0.3, 0.4) is 0 Å². The van der Waals surface area contributed by atoms with E-state index in [-0.39, 0.29) is 0 Å². The number of nitrogens with zero attached hydrogens (tertiary/aromatic N) is 1. The fraction of sp³-hybridized carbons (Fsp3) is 0.400. The zero-order valence-electron chi connectivity index (χ0n) is 12.9. The Labute approximate surface area is 133 Å². The third-order valence-electron chi connectivity index (χ3n) is 3.48. The van der Waals surface area contributed by atoms with Crippen molar-refractivity contribution in [2.24, 2.45) is 0 Å². The van der Waals surface area contributed by atoms with Gasteiger partial charge in [-0.15, -0.1) is 0 Å². The van der Waals surface area contributed by atoms with Gasteiger partial charge in [0.2, 0.25) is 0 Å². The Morgan fingerprint density at radius 2 is 1.50 bits per heavy atom. The smallest absolute Gasteiger partial charge is 0.0824 e. The van der Waals surface area contributed by atoms with Gasteiger partial charge in [-0.3, -0.25) is 4.98 Å². The fourth-order valence-corrected chi connectivity index (χ4v) is 7.45. The first-order valence-corrected chi connectivity index (χ1v) is 14.6. The molecule has 5 heteroatoms. The molecule has 1 nitrogen and oxygen atoms in total. The maximum atomic E-state index is 6.67. The van der Waals surface area contributed by atoms with Gasteiger partial charge in [0.15, 0.2) is 0 Å². The number of aromatic nitrogens is 1. The molecule has 0 atom stereocenters. The maximum Gasteiger partial charge on any atom is 0.0824 e. The predicted octanol–water partition coefficient (Wildman–Crippen LogP) is 4.63. The van der Waals surface area contributed by atoms with Gasteiger partial charge in [0.05, 0.1) is 26.7 Å². The van der Waals surface area contributed by atoms with Crippen molar-refractivity contribution in [3.8, 4) is 0 Å². The summed E-state index contributed by atoms with van der Waals surface area (Å²) in [7, 11) is -3.06. The van der Waals surface area contributed by atoms with Gasteiger partial charge in [0.25, 0.3) is 0 Å². The zero-order chi connectivity index (χ0) is 15.3. The average Bonchev–Trinajstić information content (AvgIpc) is 2.25. The van der Waals surface area contributed by atoms with Crippen LogP contribution in [0.15, 0.2) is 18.3 Å². The fourth-order valence-electron chi connectivity index (χ4n) is 2.44. The molecule has 0 bridgehead atoms. The molecule has 0 amide bonds. The third-order valence-corrected chi connectivity index (χ3v) is 8.52. The number of rotatable bonds is 2. The van der Waals surface area contributed by atoms with Gasteiger partial charge in [-0.2, -0.15) is 0 Å². The summed E-state index contributed by atoms with van der Waals surface area (Å²) in [5.74, 6) is 0. The summed E-state index contributed by atoms with van der Waals surface area (Å²) in [5.41, 5.74) is 0.990. The number of hydrogen-bond donors (Lipinski definition) is 0. The van der Waals surface area contributed by atoms with Crippen LogP contribution in [-0.2, 0) is 0 Å². The number of pyridine rings is 1. The first kappa shape index (κ1) is 16.0. The number of halogens is 2. The van der Waals surface area contributed by atoms with Crippen LogP contribution in [0, 0.1) is 0 Å². The van der Waals surface area contributed by atoms with Crippen molar-refractivity contribution in [2.45, 2.75) is 39.3 Å². The molecule has 0 saturated heterocycles. The summed E-state index contributed by atoms with van der Waals surface area (Å²) in [6.45, 7) is 13.7. The first-order chi connectivity index (χ1) is 9.03. The minimum Gasteiger partial charge on any atom is -0.256 e. The van der Waals surface area contributed by atoms with Gasteiger partial charge in [-0.25, -0.2) is 0 Å². The highest BCUT2D eigenvalue weighted by Gasteiger charge is 2.27. The molecule has 0 unspecified atom stereocenters. The van der Waals surface area contributed by atoms with E-state index in [0.29, 0.717) is 0 Å². The molecule has 1 aromatic heterocycles. The van der Waals surface area contributed by atoms with E-state index >= 15 is 0 Å². The molecule has 20 heavy (non-hydrogen) atoms. The highest BCUT2D eigenvalue weighted by atomic mass is 35.5. The van der Waals surface area contributed by atoms with E-state index in [0.717, 1.165) is 20.9 Å². The highest BCUT2D eigenvalue weighted by Crippen LogP contribution is 2.26. The summed E-state index contributed by atoms with van der Waals surface area (Å²) >= 11 is 13.1. The summed E-state index contributed by atoms with van der Waals surface area (Å²) < 4.78 is 0. The van der Waals surface area contributed by atoms with Gasteiger partial charge in [0.1, 0.15) is 0 Å². The molecule has 0 spiro atoms. The number of hydrogen-bond acceptors (Lipinski definition) is 1. The lowest BCUT2D eigenvalue weighted by molar-refractivity contribution is 1.43. The molecule has 1 aromatic carbocycles. The monoisotopic (exact) mass is 341 g/mol. The Morgan fingerprint density at radius 3 is 2.00 bits per heavy atom. The van der Waals surface area contributed by atoms with Crippen LogP contribution < -0.4 is 10.4 Å². The topological polar surface area (TPSA) is 12.9 Å². The van der Waals surface area contributed by atoms with Crippen LogP contribution >= 0.6 is 23.2 Å². The van der Waals surface area contributed by atoms with Crippen molar-refractivity contribution in [1.29, 1.82) is 0 Å². The second-order valence-corrected chi connectivity index (χ2v) is 18.1. The molecule has 1 heterocycles. The summed E-state index contributed by atoms with van der Waals surface area (Å²) in [5, 5.41) is 5.16. The van der Waals surface area contributed by atoms with Crippen molar-refractivity contribution < 1.29 is 0 Å². The Morgan fingerprint density at radius 1 is 0.900 bits per heavy atom. The second-order valence-electron chi connectivity index (χ2n) is 7.30. The first-order valence-electron chi connectivity index (χ1n) is 6.81. The minimum absolute atomic E-state index is 0.820. The molecule has 0 aliphatic heterocycles. The molecule has 0 saturated carbocycles. The van der Waals surface area contributed by atoms with Crippen molar-refractivity contribution in [2.75, 3.05) is 0 Å². The minimum atomic E-state index is -1.57. The summed E-state index contributed by atoms with van der Waals surface area (Å²) in [6, 6.07) is 3.99. The van der Waals surface area contributed by atoms with E-state index in [4.69, 9.17) is 28.2 Å². The zero-order valence-corrected chi connectivity index (χ0v) is 16.4. The average molecular weight is 342 g/mol. The Hall–Kier alpha value is -0.356. The molecule has 0 aliphatic carbocycles. The van der Waals surface area contributed by atoms with E-state index in [1.54, 1.807) is 0 Å². The van der Waals surface area contributed by atoms with Gasteiger partial charge in [-0.1, -0.05) is 62.5 Å². The Kier molecular flexibility index (Phi) is 4.11. The van der Waals surface area contributed by atoms with E-state index in [1.165, 1.54) is 10.4 Å². The molecule has 0 aliphatic rings. The molecule has 0 fully saturated rings. The Balaban J connectivity index is 2.87. The van der Waals surface area contributed by atoms with E-state index in [9.17, 15) is 0 Å². The largest absolute Gasteiger partial charge is 0.256 e. The summed E-state index contributed by atoms with van der Waals surface area (Å²) in [4.78, 5) is 4.74. The van der Waals surface area contributed by atoms with Crippen LogP contribution in [0.5, 0.6) is 0 Å². The van der Waals surface area contributed by atoms with Crippen molar-refractivity contribution in [3.63, 3.8) is 0 Å². The maximum absolute atomic E-state index is 6.67. The Bertz CT molecular complexity index is 670. The third kappa shape index (κ3) is 2.82. The second kappa shape index (κ2) is 5.13. The standard InChI is InChI=1S/C15H21Cl2NSi2/c1-19(2,3)12-9-18-14-10(13(12)17)7-8-11(16)15(14)20(4,5)6/h7-9H,1-6H3. The van der Waals surface area contributed by atoms with E-state index < -0.39 is 16.1 Å². The molecule has 2 rings (SSSR count). The number of benzene rings is 1. The lowest BCUT2D eigenvalue weighted by Crippen LogP contribution is -2.41. The van der Waals surface area contributed by atoms with E-state index in [2.05, 4.69) is 39.3 Å². The van der Waals surface area contributed by atoms with Crippen LogP contribution in [-0.4, -0.2) is 21.1 Å². The molecular formula is C15H21Cl2NSi2. The number of fused-ring (bicyclic) bond motifs is 1.